The monoisotopic (exact) mass is 445 g/mol. The molecule has 4 bridgehead atoms. The van der Waals surface area contributed by atoms with E-state index in [0.717, 1.165) is 32.1 Å². The molecule has 4 aliphatic carbocycles. The minimum absolute atomic E-state index is 0.122. The fraction of sp³-hybridized carbons (Fsp3) is 0.760. The molecule has 2 N–H and O–H groups in total. The Kier molecular flexibility index (Phi) is 6.43. The van der Waals surface area contributed by atoms with Crippen LogP contribution in [-0.2, 0) is 4.74 Å². The second-order valence-electron chi connectivity index (χ2n) is 11.4. The molecule has 7 nitrogen and oxygen atoms in total. The highest BCUT2D eigenvalue weighted by molar-refractivity contribution is 5.96. The summed E-state index contributed by atoms with van der Waals surface area (Å²) in [6.07, 6.45) is 10.2. The summed E-state index contributed by atoms with van der Waals surface area (Å²) in [6, 6.07) is 0.122. The summed E-state index contributed by atoms with van der Waals surface area (Å²) in [4.78, 5) is 13.3. The fourth-order valence-electron chi connectivity index (χ4n) is 6.14. The maximum atomic E-state index is 13.3. The average molecular weight is 446 g/mol. The Hall–Kier alpha value is -1.86. The van der Waals surface area contributed by atoms with Gasteiger partial charge in [-0.1, -0.05) is 33.8 Å². The predicted octanol–water partition coefficient (Wildman–Crippen LogP) is 3.73. The lowest BCUT2D eigenvalue weighted by Gasteiger charge is -2.58. The molecule has 0 saturated heterocycles. The summed E-state index contributed by atoms with van der Waals surface area (Å²) in [7, 11) is 1.69. The van der Waals surface area contributed by atoms with Crippen LogP contribution in [0, 0.1) is 29.1 Å². The average Bonchev–Trinajstić information content (AvgIpc) is 3.09. The number of aliphatic hydroxyl groups is 1. The van der Waals surface area contributed by atoms with Gasteiger partial charge in [0, 0.05) is 24.8 Å². The lowest BCUT2D eigenvalue weighted by molar-refractivity contribution is -0.136. The molecule has 0 aromatic carbocycles. The summed E-state index contributed by atoms with van der Waals surface area (Å²) in [5.74, 6) is 2.00. The van der Waals surface area contributed by atoms with Crippen molar-refractivity contribution in [2.45, 2.75) is 71.4 Å². The Morgan fingerprint density at radius 1 is 1.34 bits per heavy atom. The maximum Gasteiger partial charge on any atom is 0.258 e. The molecule has 7 heteroatoms. The molecule has 4 aliphatic rings. The van der Waals surface area contributed by atoms with E-state index in [1.54, 1.807) is 18.0 Å². The Labute approximate surface area is 191 Å². The minimum atomic E-state index is -0.506. The quantitative estimate of drug-likeness (QED) is 0.605. The molecule has 32 heavy (non-hydrogen) atoms. The highest BCUT2D eigenvalue weighted by atomic mass is 16.5. The van der Waals surface area contributed by atoms with E-state index in [1.165, 1.54) is 0 Å². The lowest BCUT2D eigenvalue weighted by atomic mass is 9.52. The normalized spacial score (nSPS) is 31.6. The summed E-state index contributed by atoms with van der Waals surface area (Å²) in [6.45, 7) is 9.41. The second-order valence-corrected chi connectivity index (χ2v) is 11.4. The first kappa shape index (κ1) is 23.3. The van der Waals surface area contributed by atoms with Gasteiger partial charge in [-0.3, -0.25) is 4.79 Å². The van der Waals surface area contributed by atoms with Crippen LogP contribution in [0.25, 0.3) is 6.20 Å². The zero-order valence-electron chi connectivity index (χ0n) is 20.1. The number of amides is 1. The number of nitrogens with one attached hydrogen (secondary N) is 1. The summed E-state index contributed by atoms with van der Waals surface area (Å²) in [5, 5.41) is 18.6. The molecule has 1 amide bonds. The third-order valence-corrected chi connectivity index (χ3v) is 7.27. The van der Waals surface area contributed by atoms with Crippen molar-refractivity contribution in [3.05, 3.63) is 17.8 Å². The van der Waals surface area contributed by atoms with Gasteiger partial charge in [-0.2, -0.15) is 5.10 Å². The Bertz CT molecular complexity index is 843. The van der Waals surface area contributed by atoms with E-state index < -0.39 is 5.60 Å². The van der Waals surface area contributed by atoms with Crippen molar-refractivity contribution in [2.75, 3.05) is 20.3 Å². The van der Waals surface area contributed by atoms with Gasteiger partial charge in [-0.05, 0) is 55.8 Å². The van der Waals surface area contributed by atoms with E-state index >= 15 is 0 Å². The van der Waals surface area contributed by atoms with Crippen LogP contribution in [0.4, 0.5) is 0 Å². The number of rotatable bonds is 9. The topological polar surface area (TPSA) is 85.6 Å². The largest absolute Gasteiger partial charge is 0.477 e. The molecule has 0 radical (unpaired) electrons. The van der Waals surface area contributed by atoms with Crippen molar-refractivity contribution in [3.63, 3.8) is 0 Å². The number of nitrogens with zero attached hydrogens (tertiary/aromatic N) is 2. The molecule has 2 unspecified atom stereocenters. The van der Waals surface area contributed by atoms with Crippen molar-refractivity contribution in [3.8, 4) is 5.88 Å². The fourth-order valence-corrected chi connectivity index (χ4v) is 6.14. The van der Waals surface area contributed by atoms with Crippen LogP contribution < -0.4 is 10.1 Å². The van der Waals surface area contributed by atoms with Gasteiger partial charge in [-0.25, -0.2) is 4.68 Å². The highest BCUT2D eigenvalue weighted by Gasteiger charge is 2.55. The standard InChI is InChI=1S/C25H39N3O4/c1-16(2)14-32-23-20(13-26-28(23)7-6-24(3,4)15-31-5)22(29)27-21-18-8-17-9-19(21)12-25(30,10-17)11-18/h6-7,13,16-19,21,30H,8-12,14-15H2,1-5H3,(H,27,29)/b7-6+. The molecular weight excluding hydrogens is 406 g/mol. The van der Waals surface area contributed by atoms with Crippen LogP contribution in [-0.4, -0.2) is 52.8 Å². The van der Waals surface area contributed by atoms with Gasteiger partial charge in [0.1, 0.15) is 5.56 Å². The zero-order chi connectivity index (χ0) is 23.1. The smallest absolute Gasteiger partial charge is 0.258 e. The van der Waals surface area contributed by atoms with Crippen LogP contribution in [0.3, 0.4) is 0 Å². The number of ether oxygens (including phenoxy) is 2. The van der Waals surface area contributed by atoms with Gasteiger partial charge < -0.3 is 19.9 Å². The van der Waals surface area contributed by atoms with E-state index in [9.17, 15) is 9.90 Å². The van der Waals surface area contributed by atoms with Crippen molar-refractivity contribution in [2.24, 2.45) is 29.1 Å². The van der Waals surface area contributed by atoms with Crippen LogP contribution in [0.1, 0.15) is 70.2 Å². The SMILES string of the molecule is COCC(C)(C)/C=C/n1ncc(C(=O)NC2C3CC4CC2CC(O)(C4)C3)c1OCC(C)C. The molecule has 4 fully saturated rings. The van der Waals surface area contributed by atoms with Crippen molar-refractivity contribution in [1.29, 1.82) is 0 Å². The van der Waals surface area contributed by atoms with E-state index in [1.807, 2.05) is 12.3 Å². The van der Waals surface area contributed by atoms with E-state index in [4.69, 9.17) is 9.47 Å². The number of carbonyl (C=O) groups excluding carboxylic acids is 1. The summed E-state index contributed by atoms with van der Waals surface area (Å²) in [5.41, 5.74) is -0.208. The minimum Gasteiger partial charge on any atom is -0.477 e. The Morgan fingerprint density at radius 2 is 2.03 bits per heavy atom. The molecule has 0 spiro atoms. The number of hydrogen-bond donors (Lipinski definition) is 2. The second kappa shape index (κ2) is 8.82. The lowest BCUT2D eigenvalue weighted by Crippen LogP contribution is -2.61. The third-order valence-electron chi connectivity index (χ3n) is 7.27. The predicted molar refractivity (Wildman–Crippen MR) is 123 cm³/mol. The number of methoxy groups -OCH3 is 1. The van der Waals surface area contributed by atoms with Crippen LogP contribution >= 0.6 is 0 Å². The zero-order valence-corrected chi connectivity index (χ0v) is 20.1. The van der Waals surface area contributed by atoms with Gasteiger partial charge in [0.25, 0.3) is 5.91 Å². The van der Waals surface area contributed by atoms with Crippen molar-refractivity contribution >= 4 is 12.1 Å². The van der Waals surface area contributed by atoms with Crippen LogP contribution in [0.2, 0.25) is 0 Å². The highest BCUT2D eigenvalue weighted by Crippen LogP contribution is 2.55. The molecule has 0 aliphatic heterocycles. The first-order chi connectivity index (χ1) is 15.1. The molecule has 2 atom stereocenters. The number of aromatic nitrogens is 2. The molecular formula is C25H39N3O4. The van der Waals surface area contributed by atoms with Gasteiger partial charge in [0.2, 0.25) is 5.88 Å². The third kappa shape index (κ3) is 4.88. The maximum absolute atomic E-state index is 13.3. The van der Waals surface area contributed by atoms with Crippen molar-refractivity contribution in [1.82, 2.24) is 15.1 Å². The summed E-state index contributed by atoms with van der Waals surface area (Å²) < 4.78 is 13.0. The van der Waals surface area contributed by atoms with Gasteiger partial charge in [0.05, 0.1) is 25.0 Å². The Morgan fingerprint density at radius 3 is 2.62 bits per heavy atom. The van der Waals surface area contributed by atoms with Gasteiger partial charge >= 0.3 is 0 Å². The van der Waals surface area contributed by atoms with Crippen LogP contribution in [0.5, 0.6) is 5.88 Å². The molecule has 5 rings (SSSR count). The number of hydrogen-bond acceptors (Lipinski definition) is 5. The summed E-state index contributed by atoms with van der Waals surface area (Å²) >= 11 is 0. The van der Waals surface area contributed by atoms with Gasteiger partial charge in [-0.15, -0.1) is 0 Å². The first-order valence-corrected chi connectivity index (χ1v) is 12.0. The molecule has 1 aromatic heterocycles. The van der Waals surface area contributed by atoms with Crippen LogP contribution in [0.15, 0.2) is 12.3 Å². The number of carbonyl (C=O) groups is 1. The van der Waals surface area contributed by atoms with Gasteiger partial charge in [0.15, 0.2) is 0 Å². The molecule has 178 valence electrons. The molecule has 1 aromatic rings. The van der Waals surface area contributed by atoms with Crippen molar-refractivity contribution < 1.29 is 19.4 Å². The first-order valence-electron chi connectivity index (χ1n) is 12.0. The van der Waals surface area contributed by atoms with E-state index in [2.05, 4.69) is 38.1 Å². The Balaban J connectivity index is 1.52. The van der Waals surface area contributed by atoms with E-state index in [0.29, 0.717) is 48.3 Å². The molecule has 4 saturated carbocycles. The van der Waals surface area contributed by atoms with E-state index in [-0.39, 0.29) is 17.4 Å². The molecule has 1 heterocycles.